The van der Waals surface area contributed by atoms with Gasteiger partial charge in [0.15, 0.2) is 5.78 Å². The van der Waals surface area contributed by atoms with Gasteiger partial charge in [0, 0.05) is 21.8 Å². The molecule has 0 aliphatic heterocycles. The monoisotopic (exact) mass is 333 g/mol. The van der Waals surface area contributed by atoms with Gasteiger partial charge in [-0.15, -0.1) is 0 Å². The fraction of sp³-hybridized carbons (Fsp3) is 0.188. The number of ketones is 1. The number of benzene rings is 2. The van der Waals surface area contributed by atoms with Crippen LogP contribution in [0, 0.1) is 0 Å². The van der Waals surface area contributed by atoms with E-state index in [1.165, 1.54) is 11.8 Å². The molecule has 1 aliphatic carbocycles. The van der Waals surface area contributed by atoms with E-state index in [2.05, 4.69) is 4.72 Å². The van der Waals surface area contributed by atoms with E-state index < -0.39 is 10.0 Å². The van der Waals surface area contributed by atoms with E-state index in [0.717, 1.165) is 21.6 Å². The van der Waals surface area contributed by atoms with Crippen LogP contribution in [0.15, 0.2) is 52.3 Å². The molecule has 0 unspecified atom stereocenters. The van der Waals surface area contributed by atoms with Crippen molar-refractivity contribution in [3.8, 4) is 0 Å². The average molecular weight is 333 g/mol. The van der Waals surface area contributed by atoms with Crippen molar-refractivity contribution in [3.63, 3.8) is 0 Å². The van der Waals surface area contributed by atoms with Crippen molar-refractivity contribution in [1.29, 1.82) is 0 Å². The van der Waals surface area contributed by atoms with Crippen LogP contribution in [0.4, 0.5) is 5.69 Å². The van der Waals surface area contributed by atoms with Gasteiger partial charge in [-0.05, 0) is 36.2 Å². The molecule has 0 bridgehead atoms. The molecule has 0 saturated heterocycles. The minimum Gasteiger partial charge on any atom is -0.294 e. The molecule has 6 heteroatoms. The summed E-state index contributed by atoms with van der Waals surface area (Å²) >= 11 is 1.44. The second-order valence-electron chi connectivity index (χ2n) is 5.22. The highest BCUT2D eigenvalue weighted by molar-refractivity contribution is 7.99. The molecule has 2 aromatic carbocycles. The van der Waals surface area contributed by atoms with Gasteiger partial charge >= 0.3 is 0 Å². The molecular weight excluding hydrogens is 318 g/mol. The quantitative estimate of drug-likeness (QED) is 0.932. The molecule has 4 nitrogen and oxygen atoms in total. The number of Topliss-reactive ketones (excluding diaryl/α,β-unsaturated/α-hetero) is 1. The predicted octanol–water partition coefficient (Wildman–Crippen LogP) is 3.34. The number of hydrogen-bond donors (Lipinski definition) is 1. The minimum absolute atomic E-state index is 0.121. The lowest BCUT2D eigenvalue weighted by Crippen LogP contribution is -2.11. The van der Waals surface area contributed by atoms with Gasteiger partial charge < -0.3 is 0 Å². The zero-order valence-electron chi connectivity index (χ0n) is 12.0. The molecule has 0 heterocycles. The molecule has 3 rings (SSSR count). The van der Waals surface area contributed by atoms with Crippen LogP contribution in [0.3, 0.4) is 0 Å². The Bertz CT molecular complexity index is 830. The third kappa shape index (κ3) is 3.34. The number of rotatable bonds is 4. The minimum atomic E-state index is -3.37. The summed E-state index contributed by atoms with van der Waals surface area (Å²) in [5.41, 5.74) is 2.15. The Labute approximate surface area is 134 Å². The van der Waals surface area contributed by atoms with Gasteiger partial charge in [-0.3, -0.25) is 9.52 Å². The molecule has 0 aromatic heterocycles. The van der Waals surface area contributed by atoms with E-state index in [0.29, 0.717) is 24.1 Å². The van der Waals surface area contributed by atoms with Crippen LogP contribution in [0.5, 0.6) is 0 Å². The maximum absolute atomic E-state index is 11.9. The summed E-state index contributed by atoms with van der Waals surface area (Å²) < 4.78 is 25.7. The van der Waals surface area contributed by atoms with Crippen molar-refractivity contribution in [2.24, 2.45) is 0 Å². The lowest BCUT2D eigenvalue weighted by atomic mass is 10.1. The number of carbonyl (C=O) groups excluding carboxylic acids is 1. The largest absolute Gasteiger partial charge is 0.294 e. The summed E-state index contributed by atoms with van der Waals surface area (Å²) in [7, 11) is -3.37. The van der Waals surface area contributed by atoms with E-state index in [1.54, 1.807) is 12.1 Å². The number of nitrogens with one attached hydrogen (secondary N) is 1. The first-order valence-electron chi connectivity index (χ1n) is 6.83. The molecule has 0 fully saturated rings. The topological polar surface area (TPSA) is 63.2 Å². The molecule has 22 heavy (non-hydrogen) atoms. The van der Waals surface area contributed by atoms with Crippen LogP contribution < -0.4 is 4.72 Å². The first kappa shape index (κ1) is 15.1. The number of carbonyl (C=O) groups is 1. The fourth-order valence-corrected chi connectivity index (χ4v) is 4.03. The lowest BCUT2D eigenvalue weighted by Gasteiger charge is -2.13. The van der Waals surface area contributed by atoms with Crippen LogP contribution in [0.1, 0.15) is 22.3 Å². The lowest BCUT2D eigenvalue weighted by molar-refractivity contribution is 0.0994. The maximum Gasteiger partial charge on any atom is 0.229 e. The summed E-state index contributed by atoms with van der Waals surface area (Å²) in [6, 6.07) is 13.2. The summed E-state index contributed by atoms with van der Waals surface area (Å²) in [5.74, 6) is 0.121. The van der Waals surface area contributed by atoms with Crippen molar-refractivity contribution >= 4 is 33.3 Å². The van der Waals surface area contributed by atoms with Crippen molar-refractivity contribution in [3.05, 3.63) is 53.6 Å². The number of anilines is 1. The third-order valence-corrected chi connectivity index (χ3v) is 5.05. The normalized spacial score (nSPS) is 14.0. The van der Waals surface area contributed by atoms with E-state index in [1.807, 2.05) is 30.3 Å². The molecular formula is C16H15NO3S2. The van der Waals surface area contributed by atoms with Crippen LogP contribution in [0.25, 0.3) is 0 Å². The van der Waals surface area contributed by atoms with Gasteiger partial charge in [0.2, 0.25) is 10.0 Å². The number of hydrogen-bond acceptors (Lipinski definition) is 4. The first-order chi connectivity index (χ1) is 10.4. The summed E-state index contributed by atoms with van der Waals surface area (Å²) in [6.45, 7) is 0. The van der Waals surface area contributed by atoms with Gasteiger partial charge in [-0.25, -0.2) is 8.42 Å². The SMILES string of the molecule is CS(=O)(=O)Nc1cc2c(cc1Sc1ccccc1)C(=O)CC2. The van der Waals surface area contributed by atoms with Crippen molar-refractivity contribution < 1.29 is 13.2 Å². The second kappa shape index (κ2) is 5.78. The Balaban J connectivity index is 2.05. The Hall–Kier alpha value is -1.79. The molecule has 0 atom stereocenters. The Morgan fingerprint density at radius 1 is 1.09 bits per heavy atom. The van der Waals surface area contributed by atoms with Gasteiger partial charge in [0.25, 0.3) is 0 Å². The van der Waals surface area contributed by atoms with Crippen LogP contribution >= 0.6 is 11.8 Å². The highest BCUT2D eigenvalue weighted by Gasteiger charge is 2.22. The zero-order valence-corrected chi connectivity index (χ0v) is 13.6. The smallest absolute Gasteiger partial charge is 0.229 e. The highest BCUT2D eigenvalue weighted by atomic mass is 32.2. The fourth-order valence-electron chi connectivity index (χ4n) is 2.45. The molecule has 1 N–H and O–H groups in total. The van der Waals surface area contributed by atoms with E-state index in [-0.39, 0.29) is 5.78 Å². The summed E-state index contributed by atoms with van der Waals surface area (Å²) in [5, 5.41) is 0. The standard InChI is InChI=1S/C16H15NO3S2/c1-22(19,20)17-14-9-11-7-8-15(18)13(11)10-16(14)21-12-5-3-2-4-6-12/h2-6,9-10,17H,7-8H2,1H3. The van der Waals surface area contributed by atoms with E-state index in [4.69, 9.17) is 0 Å². The molecule has 0 saturated carbocycles. The summed E-state index contributed by atoms with van der Waals surface area (Å²) in [4.78, 5) is 13.7. The molecule has 1 aliphatic rings. The highest BCUT2D eigenvalue weighted by Crippen LogP contribution is 2.38. The van der Waals surface area contributed by atoms with Gasteiger partial charge in [-0.1, -0.05) is 30.0 Å². The molecule has 2 aromatic rings. The third-order valence-electron chi connectivity index (χ3n) is 3.39. The molecule has 114 valence electrons. The van der Waals surface area contributed by atoms with Crippen LogP contribution in [-0.4, -0.2) is 20.5 Å². The number of sulfonamides is 1. The summed E-state index contributed by atoms with van der Waals surface area (Å²) in [6.07, 6.45) is 2.29. The van der Waals surface area contributed by atoms with Crippen molar-refractivity contribution in [2.75, 3.05) is 11.0 Å². The van der Waals surface area contributed by atoms with Crippen molar-refractivity contribution in [1.82, 2.24) is 0 Å². The Morgan fingerprint density at radius 2 is 1.82 bits per heavy atom. The van der Waals surface area contributed by atoms with Crippen molar-refractivity contribution in [2.45, 2.75) is 22.6 Å². The zero-order chi connectivity index (χ0) is 15.7. The van der Waals surface area contributed by atoms with Crippen LogP contribution in [-0.2, 0) is 16.4 Å². The van der Waals surface area contributed by atoms with Gasteiger partial charge in [0.05, 0.1) is 11.9 Å². The van der Waals surface area contributed by atoms with E-state index >= 15 is 0 Å². The predicted molar refractivity (Wildman–Crippen MR) is 88.1 cm³/mol. The Kier molecular flexibility index (Phi) is 3.97. The molecule has 0 radical (unpaired) electrons. The molecule has 0 spiro atoms. The second-order valence-corrected chi connectivity index (χ2v) is 8.08. The van der Waals surface area contributed by atoms with E-state index in [9.17, 15) is 13.2 Å². The Morgan fingerprint density at radius 3 is 2.50 bits per heavy atom. The molecule has 0 amide bonds. The first-order valence-corrected chi connectivity index (χ1v) is 9.54. The van der Waals surface area contributed by atoms with Gasteiger partial charge in [0.1, 0.15) is 0 Å². The maximum atomic E-state index is 11.9. The van der Waals surface area contributed by atoms with Crippen LogP contribution in [0.2, 0.25) is 0 Å². The van der Waals surface area contributed by atoms with Gasteiger partial charge in [-0.2, -0.15) is 0 Å². The average Bonchev–Trinajstić information content (AvgIpc) is 2.80. The number of aryl methyl sites for hydroxylation is 1. The number of fused-ring (bicyclic) bond motifs is 1.